The van der Waals surface area contributed by atoms with Crippen LogP contribution in [-0.2, 0) is 4.74 Å². The number of hydrogen-bond acceptors (Lipinski definition) is 3. The summed E-state index contributed by atoms with van der Waals surface area (Å²) in [5, 5.41) is 8.58. The van der Waals surface area contributed by atoms with Crippen LogP contribution in [0.5, 0.6) is 0 Å². The number of carbonyl (C=O) groups excluding carboxylic acids is 1. The Hall–Kier alpha value is -2.15. The van der Waals surface area contributed by atoms with Gasteiger partial charge in [-0.25, -0.2) is 4.79 Å². The Morgan fingerprint density at radius 1 is 1.31 bits per heavy atom. The maximum atomic E-state index is 13.2. The summed E-state index contributed by atoms with van der Waals surface area (Å²) in [4.78, 5) is 12.7. The summed E-state index contributed by atoms with van der Waals surface area (Å²) in [6.45, 7) is 4.13. The van der Waals surface area contributed by atoms with Gasteiger partial charge in [0.2, 0.25) is 0 Å². The van der Waals surface area contributed by atoms with E-state index in [1.807, 2.05) is 31.2 Å². The number of benzene rings is 1. The van der Waals surface area contributed by atoms with Gasteiger partial charge in [0, 0.05) is 0 Å². The van der Waals surface area contributed by atoms with E-state index in [4.69, 9.17) is 10.00 Å². The molecular weight excluding hydrogens is 329 g/mol. The molecule has 2 rings (SSSR count). The lowest BCUT2D eigenvalue weighted by Crippen LogP contribution is -2.20. The van der Waals surface area contributed by atoms with Crippen LogP contribution in [0.25, 0.3) is 0 Å². The average molecular weight is 357 g/mol. The Morgan fingerprint density at radius 3 is 2.62 bits per heavy atom. The summed E-state index contributed by atoms with van der Waals surface area (Å²) < 4.78 is 18.9. The molecule has 0 spiro atoms. The van der Waals surface area contributed by atoms with Crippen LogP contribution in [0.1, 0.15) is 80.6 Å². The van der Waals surface area contributed by atoms with Crippen molar-refractivity contribution in [3.8, 4) is 6.07 Å². The van der Waals surface area contributed by atoms with E-state index in [9.17, 15) is 9.18 Å². The summed E-state index contributed by atoms with van der Waals surface area (Å²) in [7, 11) is 0. The Labute approximate surface area is 155 Å². The van der Waals surface area contributed by atoms with Crippen molar-refractivity contribution in [2.75, 3.05) is 0 Å². The minimum Gasteiger partial charge on any atom is -0.459 e. The molecule has 0 radical (unpaired) electrons. The number of nitrogens with zero attached hydrogens (tertiary/aromatic N) is 1. The molecule has 1 aromatic rings. The van der Waals surface area contributed by atoms with Gasteiger partial charge in [-0.15, -0.1) is 0 Å². The number of allylic oxidation sites excluding steroid dienone is 2. The molecule has 0 heterocycles. The SMILES string of the molecule is CCCC(CC)OC(=O)c1ccccc1C1CCC(C=C(F)C#N)CC1. The lowest BCUT2D eigenvalue weighted by Gasteiger charge is -2.28. The summed E-state index contributed by atoms with van der Waals surface area (Å²) in [5.41, 5.74) is 1.69. The van der Waals surface area contributed by atoms with Gasteiger partial charge < -0.3 is 4.74 Å². The Morgan fingerprint density at radius 2 is 2.00 bits per heavy atom. The van der Waals surface area contributed by atoms with Gasteiger partial charge in [0.15, 0.2) is 5.83 Å². The van der Waals surface area contributed by atoms with Crippen molar-refractivity contribution in [2.24, 2.45) is 5.92 Å². The van der Waals surface area contributed by atoms with Gasteiger partial charge in [0.05, 0.1) is 5.56 Å². The third-order valence-corrected chi connectivity index (χ3v) is 5.22. The molecule has 0 bridgehead atoms. The van der Waals surface area contributed by atoms with Crippen LogP contribution in [0.15, 0.2) is 36.2 Å². The van der Waals surface area contributed by atoms with Crippen LogP contribution < -0.4 is 0 Å². The molecule has 1 aromatic carbocycles. The highest BCUT2D eigenvalue weighted by molar-refractivity contribution is 5.91. The molecule has 1 atom stereocenters. The van der Waals surface area contributed by atoms with Crippen LogP contribution in [0, 0.1) is 17.2 Å². The molecule has 140 valence electrons. The van der Waals surface area contributed by atoms with Gasteiger partial charge in [0.25, 0.3) is 0 Å². The number of hydrogen-bond donors (Lipinski definition) is 0. The van der Waals surface area contributed by atoms with Crippen molar-refractivity contribution in [1.82, 2.24) is 0 Å². The number of ether oxygens (including phenoxy) is 1. The number of rotatable bonds is 7. The standard InChI is InChI=1S/C22H28FNO2/c1-3-7-19(4-2)26-22(25)21-9-6-5-8-20(21)17-12-10-16(11-13-17)14-18(23)15-24/h5-6,8-9,14,16-17,19H,3-4,7,10-13H2,1-2H3. The van der Waals surface area contributed by atoms with Crippen LogP contribution in [0.3, 0.4) is 0 Å². The van der Waals surface area contributed by atoms with Crippen molar-refractivity contribution < 1.29 is 13.9 Å². The summed E-state index contributed by atoms with van der Waals surface area (Å²) >= 11 is 0. The van der Waals surface area contributed by atoms with Crippen LogP contribution >= 0.6 is 0 Å². The zero-order chi connectivity index (χ0) is 18.9. The second kappa shape index (κ2) is 10.1. The number of esters is 1. The zero-order valence-electron chi connectivity index (χ0n) is 15.7. The minimum atomic E-state index is -0.695. The van der Waals surface area contributed by atoms with Gasteiger partial charge in [-0.1, -0.05) is 38.5 Å². The number of carbonyl (C=O) groups is 1. The predicted molar refractivity (Wildman–Crippen MR) is 100 cm³/mol. The highest BCUT2D eigenvalue weighted by Crippen LogP contribution is 2.38. The van der Waals surface area contributed by atoms with E-state index in [2.05, 4.69) is 6.92 Å². The van der Waals surface area contributed by atoms with Crippen LogP contribution in [0.2, 0.25) is 0 Å². The zero-order valence-corrected chi connectivity index (χ0v) is 15.7. The van der Waals surface area contributed by atoms with Crippen molar-refractivity contribution in [2.45, 2.75) is 70.8 Å². The molecule has 1 saturated carbocycles. The molecule has 3 nitrogen and oxygen atoms in total. The fourth-order valence-electron chi connectivity index (χ4n) is 3.76. The molecule has 1 aliphatic rings. The fourth-order valence-corrected chi connectivity index (χ4v) is 3.76. The molecule has 4 heteroatoms. The van der Waals surface area contributed by atoms with Crippen molar-refractivity contribution in [1.29, 1.82) is 5.26 Å². The summed E-state index contributed by atoms with van der Waals surface area (Å²) in [5.74, 6) is -0.545. The van der Waals surface area contributed by atoms with Crippen molar-refractivity contribution in [3.05, 3.63) is 47.3 Å². The van der Waals surface area contributed by atoms with E-state index in [-0.39, 0.29) is 23.9 Å². The molecule has 1 unspecified atom stereocenters. The maximum Gasteiger partial charge on any atom is 0.338 e. The molecule has 0 N–H and O–H groups in total. The first-order valence-electron chi connectivity index (χ1n) is 9.66. The second-order valence-corrected chi connectivity index (χ2v) is 7.05. The molecular formula is C22H28FNO2. The predicted octanol–water partition coefficient (Wildman–Crippen LogP) is 6.07. The summed E-state index contributed by atoms with van der Waals surface area (Å²) in [6.07, 6.45) is 7.53. The first-order valence-corrected chi connectivity index (χ1v) is 9.66. The lowest BCUT2D eigenvalue weighted by molar-refractivity contribution is 0.0269. The number of halogens is 1. The Balaban J connectivity index is 2.08. The topological polar surface area (TPSA) is 50.1 Å². The van der Waals surface area contributed by atoms with Crippen LogP contribution in [-0.4, -0.2) is 12.1 Å². The van der Waals surface area contributed by atoms with E-state index in [0.717, 1.165) is 50.5 Å². The third-order valence-electron chi connectivity index (χ3n) is 5.22. The van der Waals surface area contributed by atoms with Gasteiger partial charge >= 0.3 is 5.97 Å². The van der Waals surface area contributed by atoms with Crippen molar-refractivity contribution in [3.63, 3.8) is 0 Å². The molecule has 0 amide bonds. The highest BCUT2D eigenvalue weighted by Gasteiger charge is 2.26. The Bertz CT molecular complexity index is 669. The van der Waals surface area contributed by atoms with Gasteiger partial charge in [-0.05, 0) is 68.1 Å². The molecule has 0 aliphatic heterocycles. The molecule has 0 aromatic heterocycles. The maximum absolute atomic E-state index is 13.2. The largest absolute Gasteiger partial charge is 0.459 e. The first kappa shape index (κ1) is 20.2. The second-order valence-electron chi connectivity index (χ2n) is 7.05. The molecule has 1 aliphatic carbocycles. The number of nitriles is 1. The average Bonchev–Trinajstić information content (AvgIpc) is 2.68. The monoisotopic (exact) mass is 357 g/mol. The van der Waals surface area contributed by atoms with Gasteiger partial charge in [-0.3, -0.25) is 0 Å². The highest BCUT2D eigenvalue weighted by atomic mass is 19.1. The van der Waals surface area contributed by atoms with E-state index in [1.54, 1.807) is 6.07 Å². The van der Waals surface area contributed by atoms with Gasteiger partial charge in [-0.2, -0.15) is 9.65 Å². The molecule has 1 fully saturated rings. The normalized spacial score (nSPS) is 21.7. The fraction of sp³-hybridized carbons (Fsp3) is 0.545. The van der Waals surface area contributed by atoms with E-state index in [0.29, 0.717) is 5.56 Å². The third kappa shape index (κ3) is 5.42. The van der Waals surface area contributed by atoms with E-state index < -0.39 is 5.83 Å². The van der Waals surface area contributed by atoms with Crippen molar-refractivity contribution >= 4 is 5.97 Å². The Kier molecular flexibility index (Phi) is 7.84. The molecule has 0 saturated heterocycles. The first-order chi connectivity index (χ1) is 12.6. The van der Waals surface area contributed by atoms with Gasteiger partial charge in [0.1, 0.15) is 12.2 Å². The summed E-state index contributed by atoms with van der Waals surface area (Å²) in [6, 6.07) is 9.23. The van der Waals surface area contributed by atoms with Crippen LogP contribution in [0.4, 0.5) is 4.39 Å². The molecule has 26 heavy (non-hydrogen) atoms. The van der Waals surface area contributed by atoms with E-state index in [1.165, 1.54) is 6.08 Å². The smallest absolute Gasteiger partial charge is 0.338 e. The van der Waals surface area contributed by atoms with E-state index >= 15 is 0 Å². The lowest BCUT2D eigenvalue weighted by atomic mass is 9.77. The quantitative estimate of drug-likeness (QED) is 0.439. The minimum absolute atomic E-state index is 0.0320.